The quantitative estimate of drug-likeness (QED) is 0.638. The molecule has 0 unspecified atom stereocenters. The van der Waals surface area contributed by atoms with Crippen molar-refractivity contribution >= 4 is 21.6 Å². The minimum atomic E-state index is 0.872. The summed E-state index contributed by atoms with van der Waals surface area (Å²) in [4.78, 5) is 2.33. The van der Waals surface area contributed by atoms with Crippen molar-refractivity contribution in [2.45, 2.75) is 32.7 Å². The number of benzene rings is 1. The lowest BCUT2D eigenvalue weighted by molar-refractivity contribution is 0.318. The third-order valence-corrected chi connectivity index (χ3v) is 3.18. The van der Waals surface area contributed by atoms with E-state index >= 15 is 0 Å². The Morgan fingerprint density at radius 3 is 2.69 bits per heavy atom. The zero-order valence-corrected chi connectivity index (χ0v) is 11.8. The van der Waals surface area contributed by atoms with Gasteiger partial charge in [0.05, 0.1) is 0 Å². The van der Waals surface area contributed by atoms with Crippen LogP contribution in [0, 0.1) is 0 Å². The molecule has 1 aromatic carbocycles. The molecule has 0 atom stereocenters. The lowest BCUT2D eigenvalue weighted by atomic mass is 10.1. The van der Waals surface area contributed by atoms with E-state index in [4.69, 9.17) is 5.73 Å². The van der Waals surface area contributed by atoms with Crippen molar-refractivity contribution in [3.05, 3.63) is 28.2 Å². The smallest absolute Gasteiger partial charge is 0.0371 e. The maximum atomic E-state index is 5.97. The van der Waals surface area contributed by atoms with Gasteiger partial charge in [0.1, 0.15) is 0 Å². The highest BCUT2D eigenvalue weighted by molar-refractivity contribution is 9.10. The van der Waals surface area contributed by atoms with Crippen molar-refractivity contribution in [3.63, 3.8) is 0 Å². The second-order valence-electron chi connectivity index (χ2n) is 4.29. The molecule has 0 spiro atoms. The Kier molecular flexibility index (Phi) is 5.85. The molecule has 2 nitrogen and oxygen atoms in total. The molecule has 1 rings (SSSR count). The Labute approximate surface area is 107 Å². The summed E-state index contributed by atoms with van der Waals surface area (Å²) in [7, 11) is 2.15. The first-order valence-corrected chi connectivity index (χ1v) is 6.65. The average molecular weight is 285 g/mol. The fourth-order valence-electron chi connectivity index (χ4n) is 1.71. The van der Waals surface area contributed by atoms with E-state index in [0.29, 0.717) is 0 Å². The van der Waals surface area contributed by atoms with Gasteiger partial charge in [-0.3, -0.25) is 0 Å². The van der Waals surface area contributed by atoms with E-state index in [-0.39, 0.29) is 0 Å². The molecule has 0 aliphatic carbocycles. The average Bonchev–Trinajstić information content (AvgIpc) is 2.23. The standard InChI is InChI=1S/C13H21BrN2/c1-3-4-5-8-16(2)10-11-6-7-12(14)9-13(11)15/h6-7,9H,3-5,8,10,15H2,1-2H3. The van der Waals surface area contributed by atoms with E-state index < -0.39 is 0 Å². The Morgan fingerprint density at radius 1 is 1.31 bits per heavy atom. The molecule has 0 fully saturated rings. The molecule has 16 heavy (non-hydrogen) atoms. The van der Waals surface area contributed by atoms with Gasteiger partial charge >= 0.3 is 0 Å². The predicted molar refractivity (Wildman–Crippen MR) is 74.4 cm³/mol. The van der Waals surface area contributed by atoms with Crippen molar-refractivity contribution < 1.29 is 0 Å². The molecule has 1 aromatic rings. The van der Waals surface area contributed by atoms with Gasteiger partial charge in [-0.05, 0) is 37.7 Å². The highest BCUT2D eigenvalue weighted by Gasteiger charge is 2.03. The van der Waals surface area contributed by atoms with Crippen LogP contribution >= 0.6 is 15.9 Å². The summed E-state index contributed by atoms with van der Waals surface area (Å²) in [5, 5.41) is 0. The molecule has 0 saturated heterocycles. The minimum Gasteiger partial charge on any atom is -0.398 e. The summed E-state index contributed by atoms with van der Waals surface area (Å²) in [5.41, 5.74) is 8.05. The molecule has 0 bridgehead atoms. The van der Waals surface area contributed by atoms with Crippen LogP contribution in [0.3, 0.4) is 0 Å². The number of nitrogens with zero attached hydrogens (tertiary/aromatic N) is 1. The highest BCUT2D eigenvalue weighted by Crippen LogP contribution is 2.19. The van der Waals surface area contributed by atoms with Crippen LogP contribution in [0.5, 0.6) is 0 Å². The van der Waals surface area contributed by atoms with Crippen LogP contribution in [0.4, 0.5) is 5.69 Å². The zero-order chi connectivity index (χ0) is 12.0. The van der Waals surface area contributed by atoms with Crippen LogP contribution in [0.25, 0.3) is 0 Å². The zero-order valence-electron chi connectivity index (χ0n) is 10.2. The first kappa shape index (κ1) is 13.5. The Balaban J connectivity index is 2.46. The second-order valence-corrected chi connectivity index (χ2v) is 5.20. The van der Waals surface area contributed by atoms with Crippen LogP contribution in [-0.2, 0) is 6.54 Å². The van der Waals surface area contributed by atoms with Crippen LogP contribution < -0.4 is 5.73 Å². The molecule has 0 aliphatic heterocycles. The molecule has 0 aliphatic rings. The van der Waals surface area contributed by atoms with Gasteiger partial charge in [-0.25, -0.2) is 0 Å². The van der Waals surface area contributed by atoms with Crippen LogP contribution in [-0.4, -0.2) is 18.5 Å². The number of hydrogen-bond acceptors (Lipinski definition) is 2. The van der Waals surface area contributed by atoms with E-state index in [1.165, 1.54) is 24.8 Å². The van der Waals surface area contributed by atoms with Gasteiger partial charge in [0.2, 0.25) is 0 Å². The topological polar surface area (TPSA) is 29.3 Å². The monoisotopic (exact) mass is 284 g/mol. The van der Waals surface area contributed by atoms with Gasteiger partial charge < -0.3 is 10.6 Å². The third kappa shape index (κ3) is 4.54. The van der Waals surface area contributed by atoms with Crippen molar-refractivity contribution in [2.75, 3.05) is 19.3 Å². The van der Waals surface area contributed by atoms with Gasteiger partial charge in [-0.15, -0.1) is 0 Å². The normalized spacial score (nSPS) is 11.0. The largest absolute Gasteiger partial charge is 0.398 e. The summed E-state index contributed by atoms with van der Waals surface area (Å²) < 4.78 is 1.04. The summed E-state index contributed by atoms with van der Waals surface area (Å²) in [6.07, 6.45) is 3.85. The Bertz CT molecular complexity index is 326. The third-order valence-electron chi connectivity index (χ3n) is 2.69. The fraction of sp³-hybridized carbons (Fsp3) is 0.538. The number of nitrogens with two attached hydrogens (primary N) is 1. The first-order valence-electron chi connectivity index (χ1n) is 5.86. The first-order chi connectivity index (χ1) is 7.63. The summed E-state index contributed by atoms with van der Waals surface area (Å²) in [6.45, 7) is 4.30. The number of hydrogen-bond donors (Lipinski definition) is 1. The van der Waals surface area contributed by atoms with E-state index in [0.717, 1.165) is 23.2 Å². The molecule has 0 radical (unpaired) electrons. The lowest BCUT2D eigenvalue weighted by Gasteiger charge is -2.17. The van der Waals surface area contributed by atoms with E-state index in [9.17, 15) is 0 Å². The maximum absolute atomic E-state index is 5.97. The molecule has 3 heteroatoms. The number of nitrogen functional groups attached to an aromatic ring is 1. The molecule has 90 valence electrons. The van der Waals surface area contributed by atoms with E-state index in [2.05, 4.69) is 40.9 Å². The lowest BCUT2D eigenvalue weighted by Crippen LogP contribution is -2.19. The Morgan fingerprint density at radius 2 is 2.06 bits per heavy atom. The van der Waals surface area contributed by atoms with Gasteiger partial charge in [0.15, 0.2) is 0 Å². The van der Waals surface area contributed by atoms with Crippen molar-refractivity contribution in [3.8, 4) is 0 Å². The highest BCUT2D eigenvalue weighted by atomic mass is 79.9. The number of anilines is 1. The molecule has 2 N–H and O–H groups in total. The summed E-state index contributed by atoms with van der Waals surface area (Å²) in [5.74, 6) is 0. The summed E-state index contributed by atoms with van der Waals surface area (Å²) >= 11 is 3.42. The van der Waals surface area contributed by atoms with Crippen molar-refractivity contribution in [2.24, 2.45) is 0 Å². The van der Waals surface area contributed by atoms with Crippen molar-refractivity contribution in [1.82, 2.24) is 4.90 Å². The van der Waals surface area contributed by atoms with Crippen LogP contribution in [0.1, 0.15) is 31.7 Å². The van der Waals surface area contributed by atoms with Crippen LogP contribution in [0.15, 0.2) is 22.7 Å². The molecule has 0 aromatic heterocycles. The van der Waals surface area contributed by atoms with Crippen molar-refractivity contribution in [1.29, 1.82) is 0 Å². The summed E-state index contributed by atoms with van der Waals surface area (Å²) in [6, 6.07) is 6.11. The van der Waals surface area contributed by atoms with E-state index in [1.807, 2.05) is 12.1 Å². The fourth-order valence-corrected chi connectivity index (χ4v) is 2.09. The van der Waals surface area contributed by atoms with Gasteiger partial charge in [0, 0.05) is 16.7 Å². The molecular weight excluding hydrogens is 264 g/mol. The van der Waals surface area contributed by atoms with E-state index in [1.54, 1.807) is 0 Å². The van der Waals surface area contributed by atoms with Gasteiger partial charge in [-0.1, -0.05) is 41.8 Å². The number of rotatable bonds is 6. The number of halogens is 1. The molecule has 0 heterocycles. The minimum absolute atomic E-state index is 0.872. The van der Waals surface area contributed by atoms with Gasteiger partial charge in [-0.2, -0.15) is 0 Å². The van der Waals surface area contributed by atoms with Crippen LogP contribution in [0.2, 0.25) is 0 Å². The Hall–Kier alpha value is -0.540. The van der Waals surface area contributed by atoms with Gasteiger partial charge in [0.25, 0.3) is 0 Å². The predicted octanol–water partition coefficient (Wildman–Crippen LogP) is 3.65. The SMILES string of the molecule is CCCCCN(C)Cc1ccc(Br)cc1N. The molecular formula is C13H21BrN2. The maximum Gasteiger partial charge on any atom is 0.0371 e. The molecule has 0 amide bonds. The molecule has 0 saturated carbocycles. The number of unbranched alkanes of at least 4 members (excludes halogenated alkanes) is 2. The second kappa shape index (κ2) is 6.92.